The zero-order valence-electron chi connectivity index (χ0n) is 12.2. The average molecular weight is 242 g/mol. The monoisotopic (exact) mass is 242 g/mol. The Balaban J connectivity index is 2.43. The maximum Gasteiger partial charge on any atom is 0.0600 e. The zero-order valence-corrected chi connectivity index (χ0v) is 12.2. The van der Waals surface area contributed by atoms with Crippen molar-refractivity contribution in [1.29, 1.82) is 0 Å². The molecule has 0 radical (unpaired) electrons. The highest BCUT2D eigenvalue weighted by atomic mass is 16.5. The van der Waals surface area contributed by atoms with Crippen molar-refractivity contribution < 1.29 is 4.74 Å². The molecule has 0 saturated carbocycles. The lowest BCUT2D eigenvalue weighted by atomic mass is 9.85. The Morgan fingerprint density at radius 3 is 2.47 bits per heavy atom. The number of nitrogens with two attached hydrogens (primary N) is 1. The topological polar surface area (TPSA) is 38.5 Å². The van der Waals surface area contributed by atoms with E-state index in [-0.39, 0.29) is 5.60 Å². The molecule has 1 heterocycles. The normalized spacial score (nSPS) is 31.8. The van der Waals surface area contributed by atoms with E-state index in [9.17, 15) is 0 Å². The molecule has 0 spiro atoms. The molecule has 1 aliphatic rings. The molecule has 1 saturated heterocycles. The molecule has 3 unspecified atom stereocenters. The number of rotatable bonds is 4. The number of piperidine rings is 1. The third-order valence-electron chi connectivity index (χ3n) is 3.60. The molecular weight excluding hydrogens is 212 g/mol. The Labute approximate surface area is 107 Å². The highest BCUT2D eigenvalue weighted by Gasteiger charge is 2.30. The van der Waals surface area contributed by atoms with Gasteiger partial charge < -0.3 is 10.5 Å². The maximum absolute atomic E-state index is 5.90. The van der Waals surface area contributed by atoms with Gasteiger partial charge in [-0.25, -0.2) is 0 Å². The van der Waals surface area contributed by atoms with E-state index in [2.05, 4.69) is 39.5 Å². The number of nitrogens with zero attached hydrogens (tertiary/aromatic N) is 1. The Kier molecular flexibility index (Phi) is 5.42. The van der Waals surface area contributed by atoms with E-state index in [1.54, 1.807) is 0 Å². The largest absolute Gasteiger partial charge is 0.375 e. The lowest BCUT2D eigenvalue weighted by molar-refractivity contribution is -0.0293. The van der Waals surface area contributed by atoms with Gasteiger partial charge in [-0.1, -0.05) is 13.8 Å². The van der Waals surface area contributed by atoms with Gasteiger partial charge in [-0.2, -0.15) is 0 Å². The van der Waals surface area contributed by atoms with E-state index < -0.39 is 0 Å². The van der Waals surface area contributed by atoms with Crippen LogP contribution in [0.1, 0.15) is 41.0 Å². The second-order valence-electron chi connectivity index (χ2n) is 6.58. The number of hydrogen-bond donors (Lipinski definition) is 1. The number of hydrogen-bond acceptors (Lipinski definition) is 3. The summed E-state index contributed by atoms with van der Waals surface area (Å²) in [4.78, 5) is 2.52. The van der Waals surface area contributed by atoms with Gasteiger partial charge in [0.25, 0.3) is 0 Å². The first-order valence-electron chi connectivity index (χ1n) is 6.91. The molecule has 3 atom stereocenters. The van der Waals surface area contributed by atoms with Crippen LogP contribution in [0.5, 0.6) is 0 Å². The standard InChI is InChI=1S/C14H30N2O/c1-11-8-12(2)13(9-15)16(10-11)6-7-17-14(3,4)5/h11-13H,6-10,15H2,1-5H3. The summed E-state index contributed by atoms with van der Waals surface area (Å²) in [6.07, 6.45) is 1.30. The zero-order chi connectivity index (χ0) is 13.1. The molecule has 3 nitrogen and oxygen atoms in total. The predicted molar refractivity (Wildman–Crippen MR) is 73.1 cm³/mol. The minimum absolute atomic E-state index is 0.0365. The van der Waals surface area contributed by atoms with Gasteiger partial charge in [0, 0.05) is 25.7 Å². The molecule has 3 heteroatoms. The molecule has 0 aromatic heterocycles. The molecular formula is C14H30N2O. The molecule has 0 aromatic rings. The summed E-state index contributed by atoms with van der Waals surface area (Å²) in [7, 11) is 0. The minimum Gasteiger partial charge on any atom is -0.375 e. The molecule has 0 aromatic carbocycles. The van der Waals surface area contributed by atoms with Crippen LogP contribution in [-0.4, -0.2) is 42.8 Å². The van der Waals surface area contributed by atoms with Crippen molar-refractivity contribution in [2.24, 2.45) is 17.6 Å². The fraction of sp³-hybridized carbons (Fsp3) is 1.00. The van der Waals surface area contributed by atoms with E-state index in [0.29, 0.717) is 12.0 Å². The van der Waals surface area contributed by atoms with Gasteiger partial charge >= 0.3 is 0 Å². The van der Waals surface area contributed by atoms with E-state index in [1.165, 1.54) is 13.0 Å². The van der Waals surface area contributed by atoms with Crippen LogP contribution in [0.15, 0.2) is 0 Å². The van der Waals surface area contributed by atoms with Gasteiger partial charge in [-0.15, -0.1) is 0 Å². The van der Waals surface area contributed by atoms with Crippen LogP contribution in [0.2, 0.25) is 0 Å². The summed E-state index contributed by atoms with van der Waals surface area (Å²) in [5.74, 6) is 1.49. The second-order valence-corrected chi connectivity index (χ2v) is 6.58. The van der Waals surface area contributed by atoms with Crippen molar-refractivity contribution in [2.75, 3.05) is 26.2 Å². The molecule has 1 fully saturated rings. The first kappa shape index (κ1) is 14.9. The first-order chi connectivity index (χ1) is 7.83. The maximum atomic E-state index is 5.90. The van der Waals surface area contributed by atoms with Gasteiger partial charge in [0.1, 0.15) is 0 Å². The fourth-order valence-electron chi connectivity index (χ4n) is 2.87. The van der Waals surface area contributed by atoms with Crippen LogP contribution >= 0.6 is 0 Å². The smallest absolute Gasteiger partial charge is 0.0600 e. The van der Waals surface area contributed by atoms with Gasteiger partial charge in [0.15, 0.2) is 0 Å². The molecule has 17 heavy (non-hydrogen) atoms. The van der Waals surface area contributed by atoms with Gasteiger partial charge in [-0.3, -0.25) is 4.90 Å². The third-order valence-corrected chi connectivity index (χ3v) is 3.60. The summed E-state index contributed by atoms with van der Waals surface area (Å²) in [6.45, 7) is 14.7. The quantitative estimate of drug-likeness (QED) is 0.820. The molecule has 0 amide bonds. The van der Waals surface area contributed by atoms with Crippen molar-refractivity contribution in [1.82, 2.24) is 4.90 Å². The Morgan fingerprint density at radius 1 is 1.29 bits per heavy atom. The summed E-state index contributed by atoms with van der Waals surface area (Å²) in [5.41, 5.74) is 5.87. The summed E-state index contributed by atoms with van der Waals surface area (Å²) in [6, 6.07) is 0.537. The average Bonchev–Trinajstić information content (AvgIpc) is 2.14. The molecule has 0 bridgehead atoms. The van der Waals surface area contributed by atoms with Crippen LogP contribution in [0.3, 0.4) is 0 Å². The van der Waals surface area contributed by atoms with E-state index in [0.717, 1.165) is 25.6 Å². The number of ether oxygens (including phenoxy) is 1. The van der Waals surface area contributed by atoms with Crippen molar-refractivity contribution in [3.8, 4) is 0 Å². The van der Waals surface area contributed by atoms with Gasteiger partial charge in [-0.05, 0) is 39.0 Å². The Hall–Kier alpha value is -0.120. The summed E-state index contributed by atoms with van der Waals surface area (Å²) >= 11 is 0. The lowest BCUT2D eigenvalue weighted by Crippen LogP contribution is -2.52. The second kappa shape index (κ2) is 6.17. The van der Waals surface area contributed by atoms with E-state index in [4.69, 9.17) is 10.5 Å². The van der Waals surface area contributed by atoms with Gasteiger partial charge in [0.2, 0.25) is 0 Å². The Bertz CT molecular complexity index is 225. The van der Waals surface area contributed by atoms with Crippen molar-refractivity contribution in [2.45, 2.75) is 52.7 Å². The highest BCUT2D eigenvalue weighted by Crippen LogP contribution is 2.26. The molecule has 102 valence electrons. The predicted octanol–water partition coefficient (Wildman–Crippen LogP) is 2.11. The van der Waals surface area contributed by atoms with Crippen molar-refractivity contribution in [3.05, 3.63) is 0 Å². The first-order valence-corrected chi connectivity index (χ1v) is 6.91. The summed E-state index contributed by atoms with van der Waals surface area (Å²) in [5, 5.41) is 0. The molecule has 1 rings (SSSR count). The van der Waals surface area contributed by atoms with Crippen LogP contribution in [0.4, 0.5) is 0 Å². The van der Waals surface area contributed by atoms with Crippen LogP contribution in [0.25, 0.3) is 0 Å². The molecule has 0 aliphatic carbocycles. The Morgan fingerprint density at radius 2 is 1.94 bits per heavy atom. The van der Waals surface area contributed by atoms with E-state index in [1.807, 2.05) is 0 Å². The van der Waals surface area contributed by atoms with E-state index >= 15 is 0 Å². The van der Waals surface area contributed by atoms with Crippen molar-refractivity contribution >= 4 is 0 Å². The molecule has 2 N–H and O–H groups in total. The van der Waals surface area contributed by atoms with Gasteiger partial charge in [0.05, 0.1) is 12.2 Å². The van der Waals surface area contributed by atoms with Crippen LogP contribution in [-0.2, 0) is 4.74 Å². The van der Waals surface area contributed by atoms with Crippen LogP contribution in [0, 0.1) is 11.8 Å². The molecule has 1 aliphatic heterocycles. The fourth-order valence-corrected chi connectivity index (χ4v) is 2.87. The summed E-state index contributed by atoms with van der Waals surface area (Å²) < 4.78 is 5.81. The minimum atomic E-state index is -0.0365. The highest BCUT2D eigenvalue weighted by molar-refractivity contribution is 4.85. The third kappa shape index (κ3) is 4.94. The lowest BCUT2D eigenvalue weighted by Gasteiger charge is -2.42. The van der Waals surface area contributed by atoms with Crippen molar-refractivity contribution in [3.63, 3.8) is 0 Å². The van der Waals surface area contributed by atoms with Crippen LogP contribution < -0.4 is 5.73 Å². The number of likely N-dealkylation sites (tertiary alicyclic amines) is 1. The SMILES string of the molecule is CC1CC(C)C(CN)N(CCOC(C)(C)C)C1.